The molecule has 90 valence electrons. The van der Waals surface area contributed by atoms with Gasteiger partial charge >= 0.3 is 0 Å². The lowest BCUT2D eigenvalue weighted by molar-refractivity contribution is 0.104. The van der Waals surface area contributed by atoms with E-state index in [2.05, 4.69) is 18.0 Å². The van der Waals surface area contributed by atoms with Crippen LogP contribution in [0.4, 0.5) is 0 Å². The number of allylic oxidation sites excluding steroid dienone is 1. The van der Waals surface area contributed by atoms with Crippen LogP contribution < -0.4 is 5.32 Å². The van der Waals surface area contributed by atoms with Crippen molar-refractivity contribution in [2.75, 3.05) is 13.7 Å². The number of hydrogen-bond donors (Lipinski definition) is 1. The molecule has 0 atom stereocenters. The van der Waals surface area contributed by atoms with Crippen molar-refractivity contribution in [3.63, 3.8) is 0 Å². The first-order valence-electron chi connectivity index (χ1n) is 5.69. The Morgan fingerprint density at radius 2 is 2.38 bits per heavy atom. The second-order valence-electron chi connectivity index (χ2n) is 3.81. The minimum atomic E-state index is 0.557. The first-order valence-corrected chi connectivity index (χ1v) is 5.69. The zero-order valence-corrected chi connectivity index (χ0v) is 10.2. The maximum absolute atomic E-state index is 5.59. The molecule has 3 heteroatoms. The highest BCUT2D eigenvalue weighted by atomic mass is 16.5. The highest BCUT2D eigenvalue weighted by Gasteiger charge is 2.06. The molecular formula is C13H21NO2. The van der Waals surface area contributed by atoms with Crippen molar-refractivity contribution in [2.45, 2.75) is 32.9 Å². The molecular weight excluding hydrogens is 202 g/mol. The second kappa shape index (κ2) is 7.25. The fourth-order valence-electron chi connectivity index (χ4n) is 1.53. The Balaban J connectivity index is 2.31. The van der Waals surface area contributed by atoms with Gasteiger partial charge in [-0.1, -0.05) is 6.08 Å². The molecule has 1 rings (SSSR count). The van der Waals surface area contributed by atoms with E-state index in [0.29, 0.717) is 6.61 Å². The highest BCUT2D eigenvalue weighted by molar-refractivity contribution is 5.20. The minimum absolute atomic E-state index is 0.557. The van der Waals surface area contributed by atoms with Crippen LogP contribution in [0.15, 0.2) is 23.1 Å². The summed E-state index contributed by atoms with van der Waals surface area (Å²) in [5.41, 5.74) is 1.20. The number of nitrogens with one attached hydrogen (secondary N) is 1. The van der Waals surface area contributed by atoms with E-state index in [9.17, 15) is 0 Å². The summed E-state index contributed by atoms with van der Waals surface area (Å²) >= 11 is 0. The van der Waals surface area contributed by atoms with Gasteiger partial charge in [0.1, 0.15) is 18.1 Å². The van der Waals surface area contributed by atoms with E-state index in [1.807, 2.05) is 20.0 Å². The van der Waals surface area contributed by atoms with Gasteiger partial charge in [-0.05, 0) is 32.9 Å². The predicted molar refractivity (Wildman–Crippen MR) is 65.3 cm³/mol. The zero-order chi connectivity index (χ0) is 11.8. The van der Waals surface area contributed by atoms with Crippen molar-refractivity contribution in [1.29, 1.82) is 0 Å². The summed E-state index contributed by atoms with van der Waals surface area (Å²) in [5.74, 6) is 1.88. The number of rotatable bonds is 8. The van der Waals surface area contributed by atoms with E-state index in [1.54, 1.807) is 0 Å². The molecule has 0 radical (unpaired) electrons. The maximum Gasteiger partial charge on any atom is 0.130 e. The van der Waals surface area contributed by atoms with Gasteiger partial charge in [0.05, 0.1) is 0 Å². The smallest absolute Gasteiger partial charge is 0.130 e. The molecule has 1 N–H and O–H groups in total. The van der Waals surface area contributed by atoms with Crippen LogP contribution in [0.2, 0.25) is 0 Å². The molecule has 0 spiro atoms. The number of aryl methyl sites for hydroxylation is 1. The quantitative estimate of drug-likeness (QED) is 0.543. The van der Waals surface area contributed by atoms with E-state index < -0.39 is 0 Å². The van der Waals surface area contributed by atoms with Crippen LogP contribution >= 0.6 is 0 Å². The molecule has 0 aromatic carbocycles. The van der Waals surface area contributed by atoms with Crippen LogP contribution in [-0.2, 0) is 17.9 Å². The molecule has 1 heterocycles. The van der Waals surface area contributed by atoms with Crippen molar-refractivity contribution in [1.82, 2.24) is 5.32 Å². The summed E-state index contributed by atoms with van der Waals surface area (Å²) in [6.07, 6.45) is 3.93. The van der Waals surface area contributed by atoms with Crippen LogP contribution in [-0.4, -0.2) is 13.7 Å². The molecule has 0 saturated heterocycles. The molecule has 0 aliphatic rings. The first kappa shape index (κ1) is 13.0. The van der Waals surface area contributed by atoms with Gasteiger partial charge in [-0.15, -0.1) is 6.58 Å². The average molecular weight is 223 g/mol. The molecule has 0 aliphatic heterocycles. The van der Waals surface area contributed by atoms with Crippen molar-refractivity contribution in [3.05, 3.63) is 35.8 Å². The van der Waals surface area contributed by atoms with Crippen LogP contribution in [0.1, 0.15) is 29.9 Å². The molecule has 0 unspecified atom stereocenters. The largest absolute Gasteiger partial charge is 0.464 e. The third-order valence-electron chi connectivity index (χ3n) is 2.38. The number of furan rings is 1. The lowest BCUT2D eigenvalue weighted by Crippen LogP contribution is -2.04. The fraction of sp³-hybridized carbons (Fsp3) is 0.538. The normalized spacial score (nSPS) is 10.6. The van der Waals surface area contributed by atoms with Gasteiger partial charge in [0.15, 0.2) is 0 Å². The molecule has 0 saturated carbocycles. The van der Waals surface area contributed by atoms with Gasteiger partial charge in [0, 0.05) is 18.7 Å². The van der Waals surface area contributed by atoms with E-state index in [-0.39, 0.29) is 0 Å². The number of hydrogen-bond acceptors (Lipinski definition) is 3. The Morgan fingerprint density at radius 3 is 3.06 bits per heavy atom. The Hall–Kier alpha value is -1.06. The molecule has 3 nitrogen and oxygen atoms in total. The van der Waals surface area contributed by atoms with Gasteiger partial charge in [-0.3, -0.25) is 0 Å². The standard InChI is InChI=1S/C13H21NO2/c1-4-5-6-7-15-10-13-8-12(9-14-3)11(2)16-13/h4,8,14H,1,5-7,9-10H2,2-3H3. The Labute approximate surface area is 97.5 Å². The van der Waals surface area contributed by atoms with Crippen molar-refractivity contribution >= 4 is 0 Å². The van der Waals surface area contributed by atoms with Crippen LogP contribution in [0.25, 0.3) is 0 Å². The van der Waals surface area contributed by atoms with E-state index in [4.69, 9.17) is 9.15 Å². The third kappa shape index (κ3) is 4.21. The Morgan fingerprint density at radius 1 is 1.56 bits per heavy atom. The zero-order valence-electron chi connectivity index (χ0n) is 10.2. The summed E-state index contributed by atoms with van der Waals surface area (Å²) in [6, 6.07) is 2.05. The van der Waals surface area contributed by atoms with Gasteiger partial charge in [-0.25, -0.2) is 0 Å². The topological polar surface area (TPSA) is 34.4 Å². The second-order valence-corrected chi connectivity index (χ2v) is 3.81. The molecule has 1 aromatic rings. The van der Waals surface area contributed by atoms with Crippen LogP contribution in [0.3, 0.4) is 0 Å². The lowest BCUT2D eigenvalue weighted by Gasteiger charge is -1.99. The van der Waals surface area contributed by atoms with E-state index >= 15 is 0 Å². The summed E-state index contributed by atoms with van der Waals surface area (Å²) in [7, 11) is 1.93. The summed E-state index contributed by atoms with van der Waals surface area (Å²) in [6.45, 7) is 7.80. The van der Waals surface area contributed by atoms with E-state index in [1.165, 1.54) is 5.56 Å². The lowest BCUT2D eigenvalue weighted by atomic mass is 10.2. The third-order valence-corrected chi connectivity index (χ3v) is 2.38. The van der Waals surface area contributed by atoms with Crippen molar-refractivity contribution in [3.8, 4) is 0 Å². The Kier molecular flexibility index (Phi) is 5.90. The first-order chi connectivity index (χ1) is 7.77. The molecule has 0 fully saturated rings. The van der Waals surface area contributed by atoms with Crippen molar-refractivity contribution in [2.24, 2.45) is 0 Å². The SMILES string of the molecule is C=CCCCOCc1cc(CNC)c(C)o1. The number of ether oxygens (including phenoxy) is 1. The fourth-order valence-corrected chi connectivity index (χ4v) is 1.53. The monoisotopic (exact) mass is 223 g/mol. The molecule has 0 amide bonds. The average Bonchev–Trinajstić information content (AvgIpc) is 2.60. The van der Waals surface area contributed by atoms with Crippen molar-refractivity contribution < 1.29 is 9.15 Å². The molecule has 0 bridgehead atoms. The van der Waals surface area contributed by atoms with Crippen LogP contribution in [0, 0.1) is 6.92 Å². The summed E-state index contributed by atoms with van der Waals surface area (Å²) in [5, 5.41) is 3.11. The summed E-state index contributed by atoms with van der Waals surface area (Å²) < 4.78 is 11.1. The predicted octanol–water partition coefficient (Wildman–Crippen LogP) is 2.79. The Bertz CT molecular complexity index is 318. The minimum Gasteiger partial charge on any atom is -0.464 e. The van der Waals surface area contributed by atoms with Gasteiger partial charge in [0.25, 0.3) is 0 Å². The van der Waals surface area contributed by atoms with Crippen LogP contribution in [0.5, 0.6) is 0 Å². The molecule has 1 aromatic heterocycles. The van der Waals surface area contributed by atoms with Gasteiger partial charge < -0.3 is 14.5 Å². The molecule has 0 aliphatic carbocycles. The molecule has 16 heavy (non-hydrogen) atoms. The van der Waals surface area contributed by atoms with Gasteiger partial charge in [0.2, 0.25) is 0 Å². The highest BCUT2D eigenvalue weighted by Crippen LogP contribution is 2.15. The number of unbranched alkanes of at least 4 members (excludes halogenated alkanes) is 1. The summed E-state index contributed by atoms with van der Waals surface area (Å²) in [4.78, 5) is 0. The van der Waals surface area contributed by atoms with E-state index in [0.717, 1.165) is 37.5 Å². The maximum atomic E-state index is 5.59. The van der Waals surface area contributed by atoms with Gasteiger partial charge in [-0.2, -0.15) is 0 Å².